The van der Waals surface area contributed by atoms with Crippen LogP contribution >= 0.6 is 0 Å². The monoisotopic (exact) mass is 344 g/mol. The molecule has 0 aliphatic carbocycles. The van der Waals surface area contributed by atoms with Crippen molar-refractivity contribution in [1.29, 1.82) is 0 Å². The van der Waals surface area contributed by atoms with E-state index in [2.05, 4.69) is 0 Å². The molecule has 3 N–H and O–H groups in total. The van der Waals surface area contributed by atoms with Crippen LogP contribution in [0.25, 0.3) is 0 Å². The van der Waals surface area contributed by atoms with Crippen LogP contribution in [-0.2, 0) is 9.59 Å². The number of aliphatic carboxylic acids is 2. The van der Waals surface area contributed by atoms with Gasteiger partial charge in [0.05, 0.1) is 17.9 Å². The van der Waals surface area contributed by atoms with Crippen molar-refractivity contribution in [2.24, 2.45) is 22.7 Å². The lowest BCUT2D eigenvalue weighted by Gasteiger charge is -2.30. The van der Waals surface area contributed by atoms with E-state index in [1.54, 1.807) is 13.8 Å². The number of carboxylic acids is 2. The van der Waals surface area contributed by atoms with Crippen molar-refractivity contribution in [3.05, 3.63) is 0 Å². The Morgan fingerprint density at radius 1 is 0.792 bits per heavy atom. The van der Waals surface area contributed by atoms with E-state index < -0.39 is 29.9 Å². The first kappa shape index (κ1) is 22.9. The van der Waals surface area contributed by atoms with Crippen LogP contribution < -0.4 is 0 Å². The molecule has 0 bridgehead atoms. The molecule has 2 atom stereocenters. The zero-order valence-corrected chi connectivity index (χ0v) is 16.1. The fourth-order valence-electron chi connectivity index (χ4n) is 2.83. The highest BCUT2D eigenvalue weighted by molar-refractivity contribution is 5.70. The summed E-state index contributed by atoms with van der Waals surface area (Å²) < 4.78 is 0. The van der Waals surface area contributed by atoms with E-state index >= 15 is 0 Å². The third-order valence-electron chi connectivity index (χ3n) is 5.80. The van der Waals surface area contributed by atoms with E-state index in [4.69, 9.17) is 10.2 Å². The Balaban J connectivity index is 4.14. The number of hydrogen-bond donors (Lipinski definition) is 3. The predicted molar refractivity (Wildman–Crippen MR) is 94.9 cm³/mol. The summed E-state index contributed by atoms with van der Waals surface area (Å²) in [5.74, 6) is -2.38. The van der Waals surface area contributed by atoms with Gasteiger partial charge in [-0.25, -0.2) is 0 Å². The Bertz CT molecular complexity index is 376. The first-order chi connectivity index (χ1) is 10.8. The van der Waals surface area contributed by atoms with Crippen LogP contribution in [0.1, 0.15) is 80.1 Å². The molecule has 0 amide bonds. The van der Waals surface area contributed by atoms with Gasteiger partial charge in [-0.3, -0.25) is 9.59 Å². The van der Waals surface area contributed by atoms with Gasteiger partial charge in [-0.2, -0.15) is 0 Å². The molecule has 0 fully saturated rings. The lowest BCUT2D eigenvalue weighted by molar-refractivity contribution is -0.146. The minimum Gasteiger partial charge on any atom is -0.481 e. The number of carbonyl (C=O) groups is 2. The lowest BCUT2D eigenvalue weighted by atomic mass is 9.75. The van der Waals surface area contributed by atoms with Crippen molar-refractivity contribution in [3.8, 4) is 0 Å². The van der Waals surface area contributed by atoms with E-state index in [1.165, 1.54) is 0 Å². The Hall–Kier alpha value is -1.10. The third kappa shape index (κ3) is 7.65. The van der Waals surface area contributed by atoms with Crippen LogP contribution in [0.15, 0.2) is 0 Å². The molecule has 0 saturated carbocycles. The molecule has 24 heavy (non-hydrogen) atoms. The molecule has 0 saturated heterocycles. The minimum absolute atomic E-state index is 0.287. The quantitative estimate of drug-likeness (QED) is 0.493. The van der Waals surface area contributed by atoms with Crippen LogP contribution in [0.5, 0.6) is 0 Å². The van der Waals surface area contributed by atoms with Gasteiger partial charge in [0.15, 0.2) is 0 Å². The van der Waals surface area contributed by atoms with E-state index in [9.17, 15) is 14.7 Å². The highest BCUT2D eigenvalue weighted by Gasteiger charge is 2.32. The predicted octanol–water partition coefficient (Wildman–Crippen LogP) is 4.18. The van der Waals surface area contributed by atoms with Gasteiger partial charge in [-0.05, 0) is 36.5 Å². The highest BCUT2D eigenvalue weighted by atomic mass is 16.4. The molecular weight excluding hydrogens is 308 g/mol. The van der Waals surface area contributed by atoms with Crippen LogP contribution in [0.4, 0.5) is 0 Å². The standard InChI is InChI=1S/C19H36O5/c1-13(16(21)22)18(3,4)11-7-9-15(20)10-8-12-19(5,6)14(2)17(23)24/h13-15,20H,7-12H2,1-6H3,(H,21,22)(H,23,24). The van der Waals surface area contributed by atoms with Gasteiger partial charge in [0.1, 0.15) is 0 Å². The average Bonchev–Trinajstić information content (AvgIpc) is 2.44. The molecule has 0 aliphatic heterocycles. The average molecular weight is 344 g/mol. The molecule has 5 nitrogen and oxygen atoms in total. The van der Waals surface area contributed by atoms with Gasteiger partial charge in [-0.15, -0.1) is 0 Å². The molecule has 2 unspecified atom stereocenters. The molecule has 0 aliphatic rings. The first-order valence-corrected chi connectivity index (χ1v) is 8.95. The molecule has 0 aromatic heterocycles. The van der Waals surface area contributed by atoms with E-state index in [-0.39, 0.29) is 10.8 Å². The zero-order chi connectivity index (χ0) is 19.1. The fourth-order valence-corrected chi connectivity index (χ4v) is 2.83. The number of rotatable bonds is 12. The summed E-state index contributed by atoms with van der Waals surface area (Å²) in [5, 5.41) is 28.3. The molecular formula is C19H36O5. The van der Waals surface area contributed by atoms with Crippen molar-refractivity contribution in [2.45, 2.75) is 86.2 Å². The topological polar surface area (TPSA) is 94.8 Å². The fraction of sp³-hybridized carbons (Fsp3) is 0.895. The van der Waals surface area contributed by atoms with Crippen molar-refractivity contribution in [3.63, 3.8) is 0 Å². The van der Waals surface area contributed by atoms with Gasteiger partial charge in [-0.1, -0.05) is 54.4 Å². The summed E-state index contributed by atoms with van der Waals surface area (Å²) >= 11 is 0. The smallest absolute Gasteiger partial charge is 0.306 e. The second-order valence-electron chi connectivity index (χ2n) is 8.54. The number of aliphatic hydroxyl groups excluding tert-OH is 1. The van der Waals surface area contributed by atoms with Gasteiger partial charge in [0.2, 0.25) is 0 Å². The number of hydrogen-bond acceptors (Lipinski definition) is 3. The summed E-state index contributed by atoms with van der Waals surface area (Å²) in [5.41, 5.74) is -0.574. The van der Waals surface area contributed by atoms with Crippen LogP contribution in [0.3, 0.4) is 0 Å². The highest BCUT2D eigenvalue weighted by Crippen LogP contribution is 2.34. The van der Waals surface area contributed by atoms with Gasteiger partial charge < -0.3 is 15.3 Å². The molecule has 0 aromatic rings. The molecule has 0 spiro atoms. The summed E-state index contributed by atoms with van der Waals surface area (Å²) in [6, 6.07) is 0. The SMILES string of the molecule is CC(C(=O)O)C(C)(C)CCCC(O)CCCC(C)(C)C(C)C(=O)O. The molecule has 142 valence electrons. The summed E-state index contributed by atoms with van der Waals surface area (Å²) in [4.78, 5) is 22.2. The van der Waals surface area contributed by atoms with Crippen molar-refractivity contribution in [1.82, 2.24) is 0 Å². The second kappa shape index (κ2) is 9.40. The van der Waals surface area contributed by atoms with Crippen molar-refractivity contribution >= 4 is 11.9 Å². The largest absolute Gasteiger partial charge is 0.481 e. The minimum atomic E-state index is -0.782. The zero-order valence-electron chi connectivity index (χ0n) is 16.1. The molecule has 0 radical (unpaired) electrons. The van der Waals surface area contributed by atoms with Crippen LogP contribution in [-0.4, -0.2) is 33.4 Å². The van der Waals surface area contributed by atoms with Gasteiger partial charge in [0.25, 0.3) is 0 Å². The molecule has 0 rings (SSSR count). The number of aliphatic hydroxyl groups is 1. The molecule has 5 heteroatoms. The van der Waals surface area contributed by atoms with E-state index in [0.717, 1.165) is 25.7 Å². The van der Waals surface area contributed by atoms with Crippen LogP contribution in [0, 0.1) is 22.7 Å². The van der Waals surface area contributed by atoms with E-state index in [0.29, 0.717) is 12.8 Å². The normalized spacial score (nSPS) is 16.5. The molecule has 0 aromatic carbocycles. The Morgan fingerprint density at radius 2 is 1.08 bits per heavy atom. The van der Waals surface area contributed by atoms with E-state index in [1.807, 2.05) is 27.7 Å². The summed E-state index contributed by atoms with van der Waals surface area (Å²) in [7, 11) is 0. The van der Waals surface area contributed by atoms with Crippen LogP contribution in [0.2, 0.25) is 0 Å². The summed E-state index contributed by atoms with van der Waals surface area (Å²) in [6.07, 6.45) is 4.02. The second-order valence-corrected chi connectivity index (χ2v) is 8.54. The Kier molecular flexibility index (Phi) is 8.97. The van der Waals surface area contributed by atoms with Crippen molar-refractivity contribution < 1.29 is 24.9 Å². The lowest BCUT2D eigenvalue weighted by Crippen LogP contribution is -2.29. The maximum absolute atomic E-state index is 11.1. The summed E-state index contributed by atoms with van der Waals surface area (Å²) in [6.45, 7) is 11.3. The Labute approximate surface area is 146 Å². The molecule has 0 heterocycles. The third-order valence-corrected chi connectivity index (χ3v) is 5.80. The Morgan fingerprint density at radius 3 is 1.33 bits per heavy atom. The maximum Gasteiger partial charge on any atom is 0.306 e. The number of carboxylic acid groups (broad SMARTS) is 2. The van der Waals surface area contributed by atoms with Gasteiger partial charge >= 0.3 is 11.9 Å². The maximum atomic E-state index is 11.1. The first-order valence-electron chi connectivity index (χ1n) is 8.95. The van der Waals surface area contributed by atoms with Gasteiger partial charge in [0, 0.05) is 0 Å². The van der Waals surface area contributed by atoms with Crippen molar-refractivity contribution in [2.75, 3.05) is 0 Å².